The molecule has 0 bridgehead atoms. The Morgan fingerprint density at radius 2 is 1.71 bits per heavy atom. The number of ether oxygens (including phenoxy) is 2. The Bertz CT molecular complexity index is 603. The second-order valence-corrected chi connectivity index (χ2v) is 7.66. The van der Waals surface area contributed by atoms with Gasteiger partial charge in [0.05, 0.1) is 23.9 Å². The largest absolute Gasteiger partial charge is 0.394 e. The zero-order valence-corrected chi connectivity index (χ0v) is 13.7. The second-order valence-electron chi connectivity index (χ2n) is 5.55. The number of aliphatic hydroxyl groups is 4. The molecular weight excluding hydrogens is 340 g/mol. The van der Waals surface area contributed by atoms with Crippen LogP contribution >= 0.6 is 0 Å². The van der Waals surface area contributed by atoms with E-state index in [1.165, 1.54) is 12.1 Å². The topological polar surface area (TPSA) is 134 Å². The fourth-order valence-corrected chi connectivity index (χ4v) is 3.70. The summed E-state index contributed by atoms with van der Waals surface area (Å²) >= 11 is 0. The Labute approximate surface area is 140 Å². The molecule has 1 aromatic carbocycles. The van der Waals surface area contributed by atoms with E-state index in [-0.39, 0.29) is 23.7 Å². The molecule has 0 amide bonds. The molecule has 0 spiro atoms. The molecule has 1 aliphatic heterocycles. The number of benzene rings is 1. The standard InChI is InChI=1S/C15H22O8S/c16-9-11-12(17)13(18)14(19)15(23-11)22-7-4-8-24(20,21)10-5-2-1-3-6-10/h1-3,5-6,11-19H,4,7-9H2/t11-,12-,13+,14-,15-/m1/s1. The van der Waals surface area contributed by atoms with E-state index in [4.69, 9.17) is 14.6 Å². The molecule has 9 heteroatoms. The van der Waals surface area contributed by atoms with Crippen molar-refractivity contribution in [1.29, 1.82) is 0 Å². The van der Waals surface area contributed by atoms with Gasteiger partial charge in [-0.15, -0.1) is 0 Å². The molecule has 0 unspecified atom stereocenters. The summed E-state index contributed by atoms with van der Waals surface area (Å²) in [6, 6.07) is 8.01. The monoisotopic (exact) mass is 362 g/mol. The first kappa shape index (κ1) is 19.3. The van der Waals surface area contributed by atoms with Crippen molar-refractivity contribution in [3.8, 4) is 0 Å². The Morgan fingerprint density at radius 1 is 1.04 bits per heavy atom. The van der Waals surface area contributed by atoms with Crippen molar-refractivity contribution in [2.24, 2.45) is 0 Å². The van der Waals surface area contributed by atoms with Gasteiger partial charge >= 0.3 is 0 Å². The lowest BCUT2D eigenvalue weighted by Gasteiger charge is -2.39. The highest BCUT2D eigenvalue weighted by Gasteiger charge is 2.43. The number of rotatable bonds is 7. The van der Waals surface area contributed by atoms with E-state index in [0.29, 0.717) is 0 Å². The highest BCUT2D eigenvalue weighted by Crippen LogP contribution is 2.22. The Kier molecular flexibility index (Phi) is 6.70. The molecule has 0 saturated carbocycles. The first-order valence-electron chi connectivity index (χ1n) is 7.57. The van der Waals surface area contributed by atoms with Crippen molar-refractivity contribution in [2.45, 2.75) is 42.0 Å². The highest BCUT2D eigenvalue weighted by molar-refractivity contribution is 7.91. The Morgan fingerprint density at radius 3 is 2.33 bits per heavy atom. The van der Waals surface area contributed by atoms with Crippen LogP contribution in [0.5, 0.6) is 0 Å². The second kappa shape index (κ2) is 8.34. The van der Waals surface area contributed by atoms with E-state index in [1.807, 2.05) is 0 Å². The third-order valence-electron chi connectivity index (χ3n) is 3.79. The summed E-state index contributed by atoms with van der Waals surface area (Å²) < 4.78 is 34.6. The van der Waals surface area contributed by atoms with Crippen molar-refractivity contribution in [1.82, 2.24) is 0 Å². The normalized spacial score (nSPS) is 31.1. The van der Waals surface area contributed by atoms with Gasteiger partial charge in [-0.3, -0.25) is 0 Å². The number of hydrogen-bond acceptors (Lipinski definition) is 8. The van der Waals surface area contributed by atoms with Crippen molar-refractivity contribution < 1.29 is 38.3 Å². The van der Waals surface area contributed by atoms with Gasteiger partial charge in [0.25, 0.3) is 0 Å². The van der Waals surface area contributed by atoms with Crippen LogP contribution in [0, 0.1) is 0 Å². The molecule has 8 nitrogen and oxygen atoms in total. The van der Waals surface area contributed by atoms with Gasteiger partial charge in [-0.05, 0) is 18.6 Å². The average Bonchev–Trinajstić information content (AvgIpc) is 2.59. The summed E-state index contributed by atoms with van der Waals surface area (Å²) in [4.78, 5) is 0.220. The maximum atomic E-state index is 12.1. The first-order chi connectivity index (χ1) is 11.4. The van der Waals surface area contributed by atoms with Crippen molar-refractivity contribution in [3.05, 3.63) is 30.3 Å². The fraction of sp³-hybridized carbons (Fsp3) is 0.600. The van der Waals surface area contributed by atoms with Gasteiger partial charge in [0.1, 0.15) is 24.4 Å². The van der Waals surface area contributed by atoms with Gasteiger partial charge in [0.15, 0.2) is 16.1 Å². The Hall–Kier alpha value is -1.07. The van der Waals surface area contributed by atoms with Gasteiger partial charge in [-0.2, -0.15) is 0 Å². The molecule has 136 valence electrons. The van der Waals surface area contributed by atoms with Crippen LogP contribution in [0.2, 0.25) is 0 Å². The molecule has 1 aliphatic rings. The molecule has 5 atom stereocenters. The van der Waals surface area contributed by atoms with Crippen LogP contribution < -0.4 is 0 Å². The summed E-state index contributed by atoms with van der Waals surface area (Å²) in [6.07, 6.45) is -6.61. The van der Waals surface area contributed by atoms with E-state index >= 15 is 0 Å². The van der Waals surface area contributed by atoms with Crippen LogP contribution in [0.4, 0.5) is 0 Å². The third-order valence-corrected chi connectivity index (χ3v) is 5.61. The van der Waals surface area contributed by atoms with E-state index in [2.05, 4.69) is 0 Å². The molecule has 1 fully saturated rings. The summed E-state index contributed by atoms with van der Waals surface area (Å²) in [7, 11) is -3.42. The highest BCUT2D eigenvalue weighted by atomic mass is 32.2. The smallest absolute Gasteiger partial charge is 0.186 e. The molecule has 0 aromatic heterocycles. The lowest BCUT2D eigenvalue weighted by atomic mass is 9.99. The third kappa shape index (κ3) is 4.51. The van der Waals surface area contributed by atoms with Crippen molar-refractivity contribution >= 4 is 9.84 Å². The van der Waals surface area contributed by atoms with Gasteiger partial charge in [-0.25, -0.2) is 8.42 Å². The fourth-order valence-electron chi connectivity index (χ4n) is 2.40. The zero-order valence-electron chi connectivity index (χ0n) is 12.9. The number of sulfone groups is 1. The van der Waals surface area contributed by atoms with Gasteiger partial charge < -0.3 is 29.9 Å². The number of aliphatic hydroxyl groups excluding tert-OH is 4. The van der Waals surface area contributed by atoms with Crippen LogP contribution in [-0.4, -0.2) is 78.5 Å². The van der Waals surface area contributed by atoms with Crippen molar-refractivity contribution in [3.63, 3.8) is 0 Å². The lowest BCUT2D eigenvalue weighted by Crippen LogP contribution is -2.59. The zero-order chi connectivity index (χ0) is 17.7. The minimum atomic E-state index is -3.42. The predicted molar refractivity (Wildman–Crippen MR) is 82.8 cm³/mol. The van der Waals surface area contributed by atoms with Crippen LogP contribution in [0.1, 0.15) is 6.42 Å². The molecular formula is C15H22O8S. The first-order valence-corrected chi connectivity index (χ1v) is 9.22. The van der Waals surface area contributed by atoms with Crippen LogP contribution in [-0.2, 0) is 19.3 Å². The molecule has 4 N–H and O–H groups in total. The van der Waals surface area contributed by atoms with E-state index in [0.717, 1.165) is 0 Å². The molecule has 1 aromatic rings. The lowest BCUT2D eigenvalue weighted by molar-refractivity contribution is -0.300. The molecule has 0 radical (unpaired) electrons. The summed E-state index contributed by atoms with van der Waals surface area (Å²) in [6.45, 7) is -0.581. The summed E-state index contributed by atoms with van der Waals surface area (Å²) in [5, 5.41) is 38.2. The minimum Gasteiger partial charge on any atom is -0.394 e. The van der Waals surface area contributed by atoms with Crippen LogP contribution in [0.25, 0.3) is 0 Å². The Balaban J connectivity index is 1.83. The number of hydrogen-bond donors (Lipinski definition) is 4. The van der Waals surface area contributed by atoms with Gasteiger partial charge in [0, 0.05) is 0 Å². The van der Waals surface area contributed by atoms with Crippen LogP contribution in [0.15, 0.2) is 35.2 Å². The van der Waals surface area contributed by atoms with E-state index in [1.54, 1.807) is 18.2 Å². The van der Waals surface area contributed by atoms with E-state index < -0.39 is 47.2 Å². The maximum Gasteiger partial charge on any atom is 0.186 e. The molecule has 1 saturated heterocycles. The quantitative estimate of drug-likeness (QED) is 0.438. The predicted octanol–water partition coefficient (Wildman–Crippen LogP) is -1.33. The average molecular weight is 362 g/mol. The summed E-state index contributed by atoms with van der Waals surface area (Å²) in [5.74, 6) is -0.144. The summed E-state index contributed by atoms with van der Waals surface area (Å²) in [5.41, 5.74) is 0. The SMILES string of the molecule is O=S(=O)(CCCO[C@@H]1O[C@H](CO)[C@@H](O)[C@H](O)[C@H]1O)c1ccccc1. The van der Waals surface area contributed by atoms with Gasteiger partial charge in [0.2, 0.25) is 0 Å². The molecule has 24 heavy (non-hydrogen) atoms. The van der Waals surface area contributed by atoms with Crippen molar-refractivity contribution in [2.75, 3.05) is 19.0 Å². The maximum absolute atomic E-state index is 12.1. The minimum absolute atomic E-state index is 0.0330. The van der Waals surface area contributed by atoms with Gasteiger partial charge in [-0.1, -0.05) is 18.2 Å². The molecule has 2 rings (SSSR count). The van der Waals surface area contributed by atoms with Crippen LogP contribution in [0.3, 0.4) is 0 Å². The molecule has 1 heterocycles. The van der Waals surface area contributed by atoms with E-state index in [9.17, 15) is 23.7 Å². The molecule has 0 aliphatic carbocycles.